The number of benzene rings is 1. The average molecular weight is 445 g/mol. The fourth-order valence-corrected chi connectivity index (χ4v) is 7.97. The Morgan fingerprint density at radius 1 is 0.957 bits per heavy atom. The Kier molecular flexibility index (Phi) is 10.6. The summed E-state index contributed by atoms with van der Waals surface area (Å²) in [5, 5.41) is 1.73. The van der Waals surface area contributed by atoms with Gasteiger partial charge in [-0.3, -0.25) is 0 Å². The quantitative estimate of drug-likeness (QED) is 0.268. The maximum atomic E-state index is 4.49. The Balaban J connectivity index is 0.000000849. The second-order valence-electron chi connectivity index (χ2n) is 7.03. The molecule has 2 saturated carbocycles. The van der Waals surface area contributed by atoms with Gasteiger partial charge in [0.2, 0.25) is 0 Å². The molecule has 23 heavy (non-hydrogen) atoms. The summed E-state index contributed by atoms with van der Waals surface area (Å²) in [5.41, 5.74) is 3.62. The molecule has 0 atom stereocenters. The van der Waals surface area contributed by atoms with Gasteiger partial charge in [-0.25, -0.2) is 0 Å². The summed E-state index contributed by atoms with van der Waals surface area (Å²) >= 11 is 2.22. The fourth-order valence-electron chi connectivity index (χ4n) is 4.13. The summed E-state index contributed by atoms with van der Waals surface area (Å²) in [7, 11) is 4.59. The van der Waals surface area contributed by atoms with Crippen molar-refractivity contribution in [3.63, 3.8) is 0 Å². The molecule has 0 radical (unpaired) electrons. The normalized spacial score (nSPS) is 18.9. The van der Waals surface area contributed by atoms with E-state index in [1.807, 2.05) is 0 Å². The van der Waals surface area contributed by atoms with Crippen LogP contribution < -0.4 is 5.30 Å². The summed E-state index contributed by atoms with van der Waals surface area (Å²) in [6.07, 6.45) is 12.0. The zero-order valence-electron chi connectivity index (χ0n) is 14.8. The third-order valence-electron chi connectivity index (χ3n) is 5.27. The minimum absolute atomic E-state index is 0. The van der Waals surface area contributed by atoms with Gasteiger partial charge in [0.1, 0.15) is 0 Å². The van der Waals surface area contributed by atoms with Crippen LogP contribution in [0.5, 0.6) is 0 Å². The molecule has 0 spiro atoms. The molecule has 0 heterocycles. The van der Waals surface area contributed by atoms with Crippen LogP contribution in [0.2, 0.25) is 0 Å². The van der Waals surface area contributed by atoms with E-state index in [0.29, 0.717) is 5.92 Å². The van der Waals surface area contributed by atoms with Crippen molar-refractivity contribution in [3.05, 3.63) is 37.3 Å². The van der Waals surface area contributed by atoms with Crippen molar-refractivity contribution in [1.82, 2.24) is 0 Å². The van der Waals surface area contributed by atoms with Crippen LogP contribution in [-0.2, 0) is 18.2 Å². The Morgan fingerprint density at radius 2 is 1.43 bits per heavy atom. The molecule has 0 nitrogen and oxygen atoms in total. The van der Waals surface area contributed by atoms with Gasteiger partial charge in [-0.2, -0.15) is 0 Å². The van der Waals surface area contributed by atoms with Gasteiger partial charge < -0.3 is 7.43 Å². The van der Waals surface area contributed by atoms with Gasteiger partial charge in [0.25, 0.3) is 0 Å². The SMILES string of the molecule is CC(C)c1cccc(P(C2CCCC2)C2CCCC2)c1.[CH3-].[Cl][Pd+]. The Morgan fingerprint density at radius 3 is 1.87 bits per heavy atom. The molecule has 134 valence electrons. The molecule has 0 aliphatic heterocycles. The molecule has 0 unspecified atom stereocenters. The van der Waals surface area contributed by atoms with E-state index in [0.717, 1.165) is 11.3 Å². The molecule has 2 fully saturated rings. The molecule has 0 saturated heterocycles. The monoisotopic (exact) mass is 444 g/mol. The van der Waals surface area contributed by atoms with Crippen molar-refractivity contribution in [2.24, 2.45) is 0 Å². The topological polar surface area (TPSA) is 0 Å². The fraction of sp³-hybridized carbons (Fsp3) is 0.650. The molecule has 0 N–H and O–H groups in total. The Bertz CT molecular complexity index is 421. The third-order valence-corrected chi connectivity index (χ3v) is 8.75. The Hall–Kier alpha value is 0.602. The number of hydrogen-bond donors (Lipinski definition) is 0. The molecule has 2 aliphatic carbocycles. The summed E-state index contributed by atoms with van der Waals surface area (Å²) in [6.45, 7) is 4.65. The van der Waals surface area contributed by atoms with Gasteiger partial charge in [0.05, 0.1) is 0 Å². The van der Waals surface area contributed by atoms with Crippen LogP contribution in [0, 0.1) is 7.43 Å². The van der Waals surface area contributed by atoms with E-state index in [2.05, 4.69) is 65.8 Å². The predicted octanol–water partition coefficient (Wildman–Crippen LogP) is 6.94. The van der Waals surface area contributed by atoms with Crippen LogP contribution >= 0.6 is 17.5 Å². The summed E-state index contributed by atoms with van der Waals surface area (Å²) < 4.78 is 0. The molecule has 3 heteroatoms. The zero-order valence-corrected chi connectivity index (χ0v) is 18.0. The minimum atomic E-state index is 0. The predicted molar refractivity (Wildman–Crippen MR) is 104 cm³/mol. The third kappa shape index (κ3) is 5.82. The molecular weight excluding hydrogens is 413 g/mol. The Labute approximate surface area is 160 Å². The summed E-state index contributed by atoms with van der Waals surface area (Å²) in [5.74, 6) is 0.666. The maximum absolute atomic E-state index is 4.49. The molecule has 3 rings (SSSR count). The summed E-state index contributed by atoms with van der Waals surface area (Å²) in [4.78, 5) is 0. The van der Waals surface area contributed by atoms with E-state index < -0.39 is 0 Å². The van der Waals surface area contributed by atoms with Crippen molar-refractivity contribution in [1.29, 1.82) is 0 Å². The molecule has 0 aromatic heterocycles. The van der Waals surface area contributed by atoms with Crippen molar-refractivity contribution < 1.29 is 18.2 Å². The van der Waals surface area contributed by atoms with E-state index >= 15 is 0 Å². The number of rotatable bonds is 4. The molecule has 0 bridgehead atoms. The molecule has 1 aromatic rings. The van der Waals surface area contributed by atoms with Gasteiger partial charge in [0.15, 0.2) is 0 Å². The first-order valence-corrected chi connectivity index (χ1v) is 12.2. The van der Waals surface area contributed by atoms with Crippen molar-refractivity contribution in [3.8, 4) is 0 Å². The van der Waals surface area contributed by atoms with E-state index in [-0.39, 0.29) is 15.3 Å². The van der Waals surface area contributed by atoms with Crippen LogP contribution in [0.25, 0.3) is 0 Å². The number of halogens is 1. The first kappa shape index (κ1) is 21.6. The van der Waals surface area contributed by atoms with Gasteiger partial charge in [-0.05, 0) is 53.8 Å². The van der Waals surface area contributed by atoms with Crippen LogP contribution in [0.1, 0.15) is 76.7 Å². The standard InChI is InChI=1S/C19H29P.CH3.ClH.Pd/c1-15(2)16-8-7-13-19(14-16)20(17-9-3-4-10-17)18-11-5-6-12-18;;;/h7-8,13-15,17-18H,3-6,9-12H2,1-2H3;1H3;1H;/q;-1;;+2/p-1. The van der Waals surface area contributed by atoms with Crippen molar-refractivity contribution in [2.45, 2.75) is 82.4 Å². The van der Waals surface area contributed by atoms with Crippen LogP contribution in [0.15, 0.2) is 24.3 Å². The molecule has 0 amide bonds. The summed E-state index contributed by atoms with van der Waals surface area (Å²) in [6, 6.07) is 9.66. The first-order valence-electron chi connectivity index (χ1n) is 8.76. The first-order chi connectivity index (χ1) is 10.8. The second kappa shape index (κ2) is 11.3. The van der Waals surface area contributed by atoms with Crippen molar-refractivity contribution in [2.75, 3.05) is 0 Å². The van der Waals surface area contributed by atoms with Crippen LogP contribution in [0.4, 0.5) is 0 Å². The van der Waals surface area contributed by atoms with Gasteiger partial charge in [0, 0.05) is 0 Å². The van der Waals surface area contributed by atoms with Gasteiger partial charge in [-0.15, -0.1) is 0 Å². The van der Waals surface area contributed by atoms with E-state index in [1.54, 1.807) is 10.9 Å². The number of hydrogen-bond acceptors (Lipinski definition) is 0. The van der Waals surface area contributed by atoms with Gasteiger partial charge in [-0.1, -0.05) is 71.7 Å². The van der Waals surface area contributed by atoms with E-state index in [9.17, 15) is 0 Å². The molecule has 1 aromatic carbocycles. The molecular formula is C20H32ClPPd. The van der Waals surface area contributed by atoms with Crippen molar-refractivity contribution >= 4 is 22.8 Å². The zero-order chi connectivity index (χ0) is 15.9. The van der Waals surface area contributed by atoms with E-state index in [1.165, 1.54) is 51.4 Å². The van der Waals surface area contributed by atoms with Crippen LogP contribution in [-0.4, -0.2) is 11.3 Å². The molecule has 2 aliphatic rings. The van der Waals surface area contributed by atoms with E-state index in [4.69, 9.17) is 0 Å². The van der Waals surface area contributed by atoms with Crippen LogP contribution in [0.3, 0.4) is 0 Å². The van der Waals surface area contributed by atoms with Gasteiger partial charge >= 0.3 is 27.7 Å². The average Bonchev–Trinajstić information content (AvgIpc) is 3.24. The second-order valence-corrected chi connectivity index (χ2v) is 9.83.